The molecule has 1 aromatic heterocycles. The first kappa shape index (κ1) is 13.3. The van der Waals surface area contributed by atoms with Crippen molar-refractivity contribution in [3.8, 4) is 5.88 Å². The molecule has 3 nitrogen and oxygen atoms in total. The molecule has 0 unspecified atom stereocenters. The molecule has 0 aliphatic carbocycles. The molecule has 4 heteroatoms. The summed E-state index contributed by atoms with van der Waals surface area (Å²) < 4.78 is 5.50. The van der Waals surface area contributed by atoms with Crippen LogP contribution in [0.2, 0.25) is 5.02 Å². The molecular weight excluding hydrogens is 224 g/mol. The number of nitrogens with zero attached hydrogens (tertiary/aromatic N) is 2. The van der Waals surface area contributed by atoms with E-state index in [4.69, 9.17) is 16.3 Å². The lowest BCUT2D eigenvalue weighted by molar-refractivity contribution is 0.244. The predicted octanol–water partition coefficient (Wildman–Crippen LogP) is 2.85. The maximum Gasteiger partial charge on any atom is 0.213 e. The summed E-state index contributed by atoms with van der Waals surface area (Å²) in [7, 11) is 0. The van der Waals surface area contributed by atoms with Crippen LogP contribution in [0.5, 0.6) is 5.88 Å². The van der Waals surface area contributed by atoms with Gasteiger partial charge in [0.2, 0.25) is 5.88 Å². The zero-order valence-corrected chi connectivity index (χ0v) is 10.7. The maximum atomic E-state index is 5.73. The number of ether oxygens (including phenoxy) is 1. The maximum absolute atomic E-state index is 5.73. The van der Waals surface area contributed by atoms with E-state index in [9.17, 15) is 0 Å². The largest absolute Gasteiger partial charge is 0.478 e. The van der Waals surface area contributed by atoms with Crippen LogP contribution in [-0.2, 0) is 0 Å². The van der Waals surface area contributed by atoms with Gasteiger partial charge in [0.25, 0.3) is 0 Å². The van der Waals surface area contributed by atoms with E-state index in [0.717, 1.165) is 26.1 Å². The monoisotopic (exact) mass is 242 g/mol. The molecule has 1 aromatic rings. The molecule has 0 spiro atoms. The summed E-state index contributed by atoms with van der Waals surface area (Å²) >= 11 is 5.73. The molecule has 90 valence electrons. The van der Waals surface area contributed by atoms with Crippen LogP contribution in [0, 0.1) is 0 Å². The van der Waals surface area contributed by atoms with Gasteiger partial charge >= 0.3 is 0 Å². The summed E-state index contributed by atoms with van der Waals surface area (Å²) in [6.07, 6.45) is 2.62. The minimum Gasteiger partial charge on any atom is -0.478 e. The molecule has 0 aromatic carbocycles. The first-order chi connectivity index (χ1) is 7.76. The standard InChI is InChI=1S/C12H19ClN2O/c1-3-15(4-2)8-5-9-16-12-7-6-11(13)10-14-12/h6-7,10H,3-5,8-9H2,1-2H3. The fraction of sp³-hybridized carbons (Fsp3) is 0.583. The van der Waals surface area contributed by atoms with Crippen molar-refractivity contribution in [3.05, 3.63) is 23.4 Å². The molecular formula is C12H19ClN2O. The van der Waals surface area contributed by atoms with Gasteiger partial charge in [0, 0.05) is 18.8 Å². The molecule has 0 aliphatic heterocycles. The summed E-state index contributed by atoms with van der Waals surface area (Å²) in [4.78, 5) is 6.44. The smallest absolute Gasteiger partial charge is 0.213 e. The van der Waals surface area contributed by atoms with Gasteiger partial charge in [-0.15, -0.1) is 0 Å². The first-order valence-electron chi connectivity index (χ1n) is 5.73. The van der Waals surface area contributed by atoms with Crippen molar-refractivity contribution in [3.63, 3.8) is 0 Å². The SMILES string of the molecule is CCN(CC)CCCOc1ccc(Cl)cn1. The van der Waals surface area contributed by atoms with E-state index < -0.39 is 0 Å². The number of pyridine rings is 1. The van der Waals surface area contributed by atoms with Gasteiger partial charge in [-0.05, 0) is 25.6 Å². The van der Waals surface area contributed by atoms with Gasteiger partial charge in [0.15, 0.2) is 0 Å². The third kappa shape index (κ3) is 4.81. The second-order valence-corrected chi connectivity index (χ2v) is 3.98. The van der Waals surface area contributed by atoms with Crippen LogP contribution in [0.3, 0.4) is 0 Å². The fourth-order valence-electron chi connectivity index (χ4n) is 1.45. The Morgan fingerprint density at radius 3 is 2.62 bits per heavy atom. The predicted molar refractivity (Wildman–Crippen MR) is 67.1 cm³/mol. The third-order valence-electron chi connectivity index (χ3n) is 2.46. The van der Waals surface area contributed by atoms with Crippen LogP contribution in [-0.4, -0.2) is 36.1 Å². The summed E-state index contributed by atoms with van der Waals surface area (Å²) in [6.45, 7) is 8.30. The Morgan fingerprint density at radius 1 is 1.31 bits per heavy atom. The Morgan fingerprint density at radius 2 is 2.06 bits per heavy atom. The number of hydrogen-bond donors (Lipinski definition) is 0. The average molecular weight is 243 g/mol. The van der Waals surface area contributed by atoms with Crippen molar-refractivity contribution < 1.29 is 4.74 Å². The van der Waals surface area contributed by atoms with Gasteiger partial charge in [-0.25, -0.2) is 4.98 Å². The lowest BCUT2D eigenvalue weighted by atomic mass is 10.4. The van der Waals surface area contributed by atoms with Crippen LogP contribution in [0.1, 0.15) is 20.3 Å². The van der Waals surface area contributed by atoms with E-state index >= 15 is 0 Å². The number of aromatic nitrogens is 1. The number of rotatable bonds is 7. The third-order valence-corrected chi connectivity index (χ3v) is 2.69. The minimum atomic E-state index is 0.635. The second kappa shape index (κ2) is 7.47. The zero-order valence-electron chi connectivity index (χ0n) is 9.95. The molecule has 0 bridgehead atoms. The Kier molecular flexibility index (Phi) is 6.19. The summed E-state index contributed by atoms with van der Waals surface area (Å²) in [5, 5.41) is 0.635. The quantitative estimate of drug-likeness (QED) is 0.688. The molecule has 0 atom stereocenters. The molecule has 16 heavy (non-hydrogen) atoms. The minimum absolute atomic E-state index is 0.635. The van der Waals surface area contributed by atoms with Gasteiger partial charge in [0.05, 0.1) is 11.6 Å². The van der Waals surface area contributed by atoms with Crippen molar-refractivity contribution in [2.45, 2.75) is 20.3 Å². The van der Waals surface area contributed by atoms with E-state index in [2.05, 4.69) is 23.7 Å². The lowest BCUT2D eigenvalue weighted by Gasteiger charge is -2.17. The Balaban J connectivity index is 2.18. The van der Waals surface area contributed by atoms with E-state index in [1.807, 2.05) is 0 Å². The van der Waals surface area contributed by atoms with Gasteiger partial charge in [0.1, 0.15) is 0 Å². The van der Waals surface area contributed by atoms with E-state index in [1.54, 1.807) is 18.3 Å². The van der Waals surface area contributed by atoms with E-state index in [1.165, 1.54) is 0 Å². The normalized spacial score (nSPS) is 10.8. The highest BCUT2D eigenvalue weighted by atomic mass is 35.5. The van der Waals surface area contributed by atoms with Crippen LogP contribution in [0.25, 0.3) is 0 Å². The highest BCUT2D eigenvalue weighted by molar-refractivity contribution is 6.30. The molecule has 0 aliphatic rings. The van der Waals surface area contributed by atoms with Gasteiger partial charge in [-0.3, -0.25) is 0 Å². The van der Waals surface area contributed by atoms with Crippen molar-refractivity contribution in [1.82, 2.24) is 9.88 Å². The van der Waals surface area contributed by atoms with Crippen LogP contribution in [0.4, 0.5) is 0 Å². The molecule has 1 rings (SSSR count). The highest BCUT2D eigenvalue weighted by Crippen LogP contribution is 2.11. The molecule has 0 fully saturated rings. The van der Waals surface area contributed by atoms with E-state index in [-0.39, 0.29) is 0 Å². The molecule has 0 radical (unpaired) electrons. The zero-order chi connectivity index (χ0) is 11.8. The first-order valence-corrected chi connectivity index (χ1v) is 6.10. The van der Waals surface area contributed by atoms with Gasteiger partial charge in [-0.1, -0.05) is 25.4 Å². The highest BCUT2D eigenvalue weighted by Gasteiger charge is 1.99. The second-order valence-electron chi connectivity index (χ2n) is 3.54. The van der Waals surface area contributed by atoms with Gasteiger partial charge < -0.3 is 9.64 Å². The Hall–Kier alpha value is -0.800. The fourth-order valence-corrected chi connectivity index (χ4v) is 1.56. The van der Waals surface area contributed by atoms with Crippen LogP contribution >= 0.6 is 11.6 Å². The Labute approximate surface area is 102 Å². The van der Waals surface area contributed by atoms with Crippen molar-refractivity contribution in [2.75, 3.05) is 26.2 Å². The average Bonchev–Trinajstić information content (AvgIpc) is 2.32. The summed E-state index contributed by atoms with van der Waals surface area (Å²) in [6, 6.07) is 3.58. The van der Waals surface area contributed by atoms with Crippen LogP contribution in [0.15, 0.2) is 18.3 Å². The van der Waals surface area contributed by atoms with Crippen molar-refractivity contribution in [1.29, 1.82) is 0 Å². The van der Waals surface area contributed by atoms with Crippen LogP contribution < -0.4 is 4.74 Å². The number of hydrogen-bond acceptors (Lipinski definition) is 3. The topological polar surface area (TPSA) is 25.4 Å². The van der Waals surface area contributed by atoms with E-state index in [0.29, 0.717) is 17.5 Å². The molecule has 0 saturated heterocycles. The summed E-state index contributed by atoms with van der Waals surface area (Å²) in [5.74, 6) is 0.643. The number of halogens is 1. The Bertz CT molecular complexity index is 286. The van der Waals surface area contributed by atoms with Crippen molar-refractivity contribution >= 4 is 11.6 Å². The van der Waals surface area contributed by atoms with Crippen molar-refractivity contribution in [2.24, 2.45) is 0 Å². The molecule has 0 N–H and O–H groups in total. The molecule has 0 amide bonds. The molecule has 0 saturated carbocycles. The summed E-state index contributed by atoms with van der Waals surface area (Å²) in [5.41, 5.74) is 0. The van der Waals surface area contributed by atoms with Gasteiger partial charge in [-0.2, -0.15) is 0 Å². The lowest BCUT2D eigenvalue weighted by Crippen LogP contribution is -2.25. The molecule has 1 heterocycles.